The first-order valence-electron chi connectivity index (χ1n) is 8.03. The molecule has 2 atom stereocenters. The molecule has 1 saturated carbocycles. The van der Waals surface area contributed by atoms with Crippen molar-refractivity contribution in [3.8, 4) is 5.75 Å². The molecule has 1 N–H and O–H groups in total. The highest BCUT2D eigenvalue weighted by Crippen LogP contribution is 2.28. The molecule has 23 heavy (non-hydrogen) atoms. The summed E-state index contributed by atoms with van der Waals surface area (Å²) in [6.07, 6.45) is 4.09. The van der Waals surface area contributed by atoms with Gasteiger partial charge in [-0.1, -0.05) is 12.8 Å². The van der Waals surface area contributed by atoms with Crippen LogP contribution in [0.1, 0.15) is 32.6 Å². The summed E-state index contributed by atoms with van der Waals surface area (Å²) in [7, 11) is -3.17. The average molecular weight is 354 g/mol. The predicted octanol–water partition coefficient (Wildman–Crippen LogP) is 3.17. The van der Waals surface area contributed by atoms with Gasteiger partial charge in [0.15, 0.2) is 0 Å². The average Bonchev–Trinajstić information content (AvgIpc) is 3.01. The van der Waals surface area contributed by atoms with E-state index < -0.39 is 10.0 Å². The maximum atomic E-state index is 11.8. The second kappa shape index (κ2) is 7.15. The molecule has 1 fully saturated rings. The highest BCUT2D eigenvalue weighted by atomic mass is 32.2. The van der Waals surface area contributed by atoms with Crippen molar-refractivity contribution in [3.63, 3.8) is 0 Å². The Bertz CT molecular complexity index is 758. The zero-order valence-electron chi connectivity index (χ0n) is 13.2. The lowest BCUT2D eigenvalue weighted by atomic mass is 9.86. The second-order valence-corrected chi connectivity index (χ2v) is 8.89. The minimum atomic E-state index is -3.17. The zero-order valence-corrected chi connectivity index (χ0v) is 14.8. The summed E-state index contributed by atoms with van der Waals surface area (Å²) < 4.78 is 33.6. The molecule has 1 aliphatic rings. The first-order valence-corrected chi connectivity index (χ1v) is 10.6. The third-order valence-electron chi connectivity index (χ3n) is 4.39. The molecular formula is C16H22N2O3S2. The van der Waals surface area contributed by atoms with Crippen LogP contribution in [0.5, 0.6) is 5.75 Å². The summed E-state index contributed by atoms with van der Waals surface area (Å²) in [6.45, 7) is 2.21. The quantitative estimate of drug-likeness (QED) is 0.865. The summed E-state index contributed by atoms with van der Waals surface area (Å²) in [4.78, 5) is 4.26. The summed E-state index contributed by atoms with van der Waals surface area (Å²) >= 11 is 1.59. The van der Waals surface area contributed by atoms with E-state index in [2.05, 4.69) is 9.71 Å². The van der Waals surface area contributed by atoms with Crippen molar-refractivity contribution < 1.29 is 13.2 Å². The molecule has 0 radical (unpaired) electrons. The largest absolute Gasteiger partial charge is 0.493 e. The highest BCUT2D eigenvalue weighted by molar-refractivity contribution is 7.89. The van der Waals surface area contributed by atoms with Gasteiger partial charge in [-0.2, -0.15) is 0 Å². The molecule has 0 aliphatic heterocycles. The van der Waals surface area contributed by atoms with E-state index in [9.17, 15) is 8.42 Å². The molecule has 0 spiro atoms. The van der Waals surface area contributed by atoms with Crippen molar-refractivity contribution in [2.45, 2.75) is 38.6 Å². The highest BCUT2D eigenvalue weighted by Gasteiger charge is 2.28. The van der Waals surface area contributed by atoms with Gasteiger partial charge < -0.3 is 4.74 Å². The first-order chi connectivity index (χ1) is 11.1. The fourth-order valence-electron chi connectivity index (χ4n) is 3.00. The zero-order chi connectivity index (χ0) is 16.3. The van der Waals surface area contributed by atoms with Crippen LogP contribution in [0.2, 0.25) is 0 Å². The van der Waals surface area contributed by atoms with Gasteiger partial charge in [-0.25, -0.2) is 18.1 Å². The number of hydrogen-bond donors (Lipinski definition) is 1. The molecule has 2 aromatic rings. The van der Waals surface area contributed by atoms with E-state index in [4.69, 9.17) is 4.74 Å². The van der Waals surface area contributed by atoms with Crippen molar-refractivity contribution in [2.24, 2.45) is 5.92 Å². The fraction of sp³-hybridized carbons (Fsp3) is 0.562. The third kappa shape index (κ3) is 4.22. The van der Waals surface area contributed by atoms with Crippen LogP contribution in [0.3, 0.4) is 0 Å². The number of nitrogens with zero attached hydrogens (tertiary/aromatic N) is 1. The molecule has 1 aliphatic carbocycles. The number of aromatic nitrogens is 1. The van der Waals surface area contributed by atoms with Gasteiger partial charge in [-0.3, -0.25) is 0 Å². The topological polar surface area (TPSA) is 68.3 Å². The van der Waals surface area contributed by atoms with Crippen LogP contribution in [0.4, 0.5) is 0 Å². The molecule has 5 nitrogen and oxygen atoms in total. The van der Waals surface area contributed by atoms with Crippen LogP contribution in [0.25, 0.3) is 10.2 Å². The van der Waals surface area contributed by atoms with Crippen molar-refractivity contribution in [1.82, 2.24) is 9.71 Å². The molecular weight excluding hydrogens is 332 g/mol. The van der Waals surface area contributed by atoms with Crippen LogP contribution in [0, 0.1) is 5.92 Å². The molecule has 1 aromatic heterocycles. The van der Waals surface area contributed by atoms with Crippen LogP contribution in [-0.2, 0) is 10.0 Å². The van der Waals surface area contributed by atoms with E-state index >= 15 is 0 Å². The van der Waals surface area contributed by atoms with Gasteiger partial charge in [-0.05, 0) is 38.0 Å². The molecule has 7 heteroatoms. The van der Waals surface area contributed by atoms with Gasteiger partial charge in [0.05, 0.1) is 28.1 Å². The van der Waals surface area contributed by atoms with E-state index in [0.29, 0.717) is 6.61 Å². The molecule has 2 unspecified atom stereocenters. The van der Waals surface area contributed by atoms with Gasteiger partial charge >= 0.3 is 0 Å². The lowest BCUT2D eigenvalue weighted by Crippen LogP contribution is -2.44. The summed E-state index contributed by atoms with van der Waals surface area (Å²) in [6, 6.07) is 5.87. The van der Waals surface area contributed by atoms with Crippen molar-refractivity contribution in [2.75, 3.05) is 12.4 Å². The Morgan fingerprint density at radius 3 is 3.00 bits per heavy atom. The molecule has 1 aromatic carbocycles. The molecule has 126 valence electrons. The molecule has 3 rings (SSSR count). The third-order valence-corrected chi connectivity index (χ3v) is 6.60. The number of sulfonamides is 1. The van der Waals surface area contributed by atoms with E-state index in [0.717, 1.165) is 41.6 Å². The minimum absolute atomic E-state index is 0.0131. The van der Waals surface area contributed by atoms with Gasteiger partial charge in [0.25, 0.3) is 0 Å². The summed E-state index contributed by atoms with van der Waals surface area (Å²) in [5.41, 5.74) is 2.80. The lowest BCUT2D eigenvalue weighted by molar-refractivity contribution is 0.180. The summed E-state index contributed by atoms with van der Waals surface area (Å²) in [5, 5.41) is 0. The smallest absolute Gasteiger partial charge is 0.211 e. The molecule has 0 amide bonds. The second-order valence-electron chi connectivity index (χ2n) is 5.97. The number of benzene rings is 1. The van der Waals surface area contributed by atoms with Crippen molar-refractivity contribution in [1.29, 1.82) is 0 Å². The predicted molar refractivity (Wildman–Crippen MR) is 93.5 cm³/mol. The molecule has 1 heterocycles. The fourth-order valence-corrected chi connectivity index (χ4v) is 4.65. The molecule has 0 saturated heterocycles. The first kappa shape index (κ1) is 16.7. The van der Waals surface area contributed by atoms with E-state index in [1.807, 2.05) is 23.7 Å². The van der Waals surface area contributed by atoms with Crippen LogP contribution in [0.15, 0.2) is 23.7 Å². The van der Waals surface area contributed by atoms with E-state index in [1.165, 1.54) is 0 Å². The number of thiazole rings is 1. The van der Waals surface area contributed by atoms with Gasteiger partial charge in [-0.15, -0.1) is 11.3 Å². The van der Waals surface area contributed by atoms with Crippen molar-refractivity contribution in [3.05, 3.63) is 23.7 Å². The number of rotatable bonds is 6. The Hall–Kier alpha value is -1.18. The Morgan fingerprint density at radius 1 is 1.35 bits per heavy atom. The van der Waals surface area contributed by atoms with E-state index in [1.54, 1.807) is 18.3 Å². The van der Waals surface area contributed by atoms with Crippen molar-refractivity contribution >= 4 is 31.6 Å². The number of ether oxygens (including phenoxy) is 1. The van der Waals surface area contributed by atoms with Gasteiger partial charge in [0.1, 0.15) is 5.75 Å². The van der Waals surface area contributed by atoms with Gasteiger partial charge in [0.2, 0.25) is 10.0 Å². The van der Waals surface area contributed by atoms with Crippen LogP contribution in [-0.4, -0.2) is 31.8 Å². The van der Waals surface area contributed by atoms with Gasteiger partial charge in [0, 0.05) is 12.0 Å². The monoisotopic (exact) mass is 354 g/mol. The Balaban J connectivity index is 1.64. The lowest BCUT2D eigenvalue weighted by Gasteiger charge is -2.31. The maximum absolute atomic E-state index is 11.8. The Kier molecular flexibility index (Phi) is 5.18. The summed E-state index contributed by atoms with van der Waals surface area (Å²) in [5.74, 6) is 1.17. The molecule has 0 bridgehead atoms. The number of nitrogens with one attached hydrogen (secondary N) is 1. The van der Waals surface area contributed by atoms with Crippen LogP contribution >= 0.6 is 11.3 Å². The SMILES string of the molecule is CCS(=O)(=O)NC1CCCCC1COc1ccc2ncsc2c1. The number of fused-ring (bicyclic) bond motifs is 1. The minimum Gasteiger partial charge on any atom is -0.493 e. The van der Waals surface area contributed by atoms with Crippen LogP contribution < -0.4 is 9.46 Å². The maximum Gasteiger partial charge on any atom is 0.211 e. The standard InChI is InChI=1S/C16H22N2O3S2/c1-2-23(19,20)18-14-6-4-3-5-12(14)10-21-13-7-8-15-16(9-13)22-11-17-15/h7-9,11-12,14,18H,2-6,10H2,1H3. The Labute approximate surface area is 141 Å². The Morgan fingerprint density at radius 2 is 2.17 bits per heavy atom. The normalized spacial score (nSPS) is 22.3. The van der Waals surface area contributed by atoms with E-state index in [-0.39, 0.29) is 17.7 Å². The number of hydrogen-bond acceptors (Lipinski definition) is 5.